The Balaban J connectivity index is 2.50. The second-order valence-electron chi connectivity index (χ2n) is 2.68. The van der Waals surface area contributed by atoms with E-state index < -0.39 is 0 Å². The number of hydrogen-bond donors (Lipinski definition) is 0. The monoisotopic (exact) mass is 209 g/mol. The summed E-state index contributed by atoms with van der Waals surface area (Å²) in [6.45, 7) is 0. The van der Waals surface area contributed by atoms with Crippen molar-refractivity contribution in [3.8, 4) is 17.1 Å². The molecule has 4 heteroatoms. The fourth-order valence-electron chi connectivity index (χ4n) is 1.23. The number of halogens is 1. The molecule has 0 radical (unpaired) electrons. The van der Waals surface area contributed by atoms with E-state index in [1.165, 1.54) is 0 Å². The summed E-state index contributed by atoms with van der Waals surface area (Å²) >= 11 is 5.59. The first kappa shape index (κ1) is 9.09. The number of ether oxygens (including phenoxy) is 1. The van der Waals surface area contributed by atoms with E-state index in [4.69, 9.17) is 20.8 Å². The first-order valence-corrected chi connectivity index (χ1v) is 4.44. The molecule has 0 saturated carbocycles. The van der Waals surface area contributed by atoms with E-state index in [2.05, 4.69) is 4.98 Å². The number of rotatable bonds is 2. The maximum Gasteiger partial charge on any atom is 0.292 e. The second kappa shape index (κ2) is 3.72. The summed E-state index contributed by atoms with van der Waals surface area (Å²) in [4.78, 5) is 3.81. The quantitative estimate of drug-likeness (QED) is 0.763. The molecule has 1 heterocycles. The Morgan fingerprint density at radius 1 is 1.36 bits per heavy atom. The van der Waals surface area contributed by atoms with E-state index in [-0.39, 0.29) is 5.35 Å². The molecule has 2 aromatic rings. The Hall–Kier alpha value is -1.48. The largest absolute Gasteiger partial charge is 0.496 e. The second-order valence-corrected chi connectivity index (χ2v) is 3.00. The predicted octanol–water partition coefficient (Wildman–Crippen LogP) is 3.00. The van der Waals surface area contributed by atoms with Crippen LogP contribution in [-0.4, -0.2) is 12.1 Å². The van der Waals surface area contributed by atoms with Crippen molar-refractivity contribution in [3.05, 3.63) is 35.8 Å². The maximum atomic E-state index is 5.59. The number of benzene rings is 1. The van der Waals surface area contributed by atoms with Crippen LogP contribution in [0.15, 0.2) is 34.9 Å². The summed E-state index contributed by atoms with van der Waals surface area (Å²) in [7, 11) is 1.61. The molecule has 14 heavy (non-hydrogen) atoms. The first-order chi connectivity index (χ1) is 6.81. The minimum Gasteiger partial charge on any atom is -0.496 e. The zero-order valence-corrected chi connectivity index (χ0v) is 8.28. The molecule has 0 unspecified atom stereocenters. The molecule has 0 aliphatic rings. The summed E-state index contributed by atoms with van der Waals surface area (Å²) < 4.78 is 10.4. The molecule has 1 aromatic heterocycles. The number of aromatic nitrogens is 1. The fraction of sp³-hybridized carbons (Fsp3) is 0.100. The van der Waals surface area contributed by atoms with E-state index in [1.54, 1.807) is 13.3 Å². The van der Waals surface area contributed by atoms with Gasteiger partial charge in [0.15, 0.2) is 5.76 Å². The molecule has 72 valence electrons. The van der Waals surface area contributed by atoms with E-state index in [0.717, 1.165) is 11.3 Å². The summed E-state index contributed by atoms with van der Waals surface area (Å²) in [6.07, 6.45) is 1.57. The smallest absolute Gasteiger partial charge is 0.292 e. The topological polar surface area (TPSA) is 35.3 Å². The molecule has 0 atom stereocenters. The Bertz CT molecular complexity index is 439. The normalized spacial score (nSPS) is 10.1. The van der Waals surface area contributed by atoms with Crippen LogP contribution in [0, 0.1) is 0 Å². The van der Waals surface area contributed by atoms with Crippen LogP contribution in [0.2, 0.25) is 5.35 Å². The van der Waals surface area contributed by atoms with Gasteiger partial charge in [0.05, 0.1) is 18.9 Å². The van der Waals surface area contributed by atoms with Gasteiger partial charge in [-0.25, -0.2) is 4.98 Å². The molecule has 0 bridgehead atoms. The minimum absolute atomic E-state index is 0.130. The number of hydrogen-bond acceptors (Lipinski definition) is 3. The molecule has 0 N–H and O–H groups in total. The summed E-state index contributed by atoms with van der Waals surface area (Å²) in [5.74, 6) is 1.34. The summed E-state index contributed by atoms with van der Waals surface area (Å²) in [5, 5.41) is 0.130. The lowest BCUT2D eigenvalue weighted by molar-refractivity contribution is 0.414. The lowest BCUT2D eigenvalue weighted by Gasteiger charge is -2.03. The standard InChI is InChI=1S/C10H8ClNO2/c1-13-8-5-3-2-4-7(8)9-6-12-10(11)14-9/h2-6H,1H3. The molecule has 0 saturated heterocycles. The third-order valence-corrected chi connectivity index (χ3v) is 2.02. The number of oxazole rings is 1. The van der Waals surface area contributed by atoms with Crippen molar-refractivity contribution in [2.45, 2.75) is 0 Å². The van der Waals surface area contributed by atoms with E-state index >= 15 is 0 Å². The lowest BCUT2D eigenvalue weighted by atomic mass is 10.1. The van der Waals surface area contributed by atoms with E-state index in [9.17, 15) is 0 Å². The zero-order valence-electron chi connectivity index (χ0n) is 7.53. The van der Waals surface area contributed by atoms with E-state index in [0.29, 0.717) is 5.76 Å². The summed E-state index contributed by atoms with van der Waals surface area (Å²) in [6, 6.07) is 7.52. The van der Waals surface area contributed by atoms with Crippen LogP contribution in [0.4, 0.5) is 0 Å². The van der Waals surface area contributed by atoms with Gasteiger partial charge < -0.3 is 9.15 Å². The highest BCUT2D eigenvalue weighted by Gasteiger charge is 2.09. The Morgan fingerprint density at radius 2 is 2.14 bits per heavy atom. The van der Waals surface area contributed by atoms with Crippen molar-refractivity contribution in [3.63, 3.8) is 0 Å². The van der Waals surface area contributed by atoms with Crippen molar-refractivity contribution in [2.24, 2.45) is 0 Å². The predicted molar refractivity (Wildman–Crippen MR) is 53.5 cm³/mol. The van der Waals surface area contributed by atoms with Gasteiger partial charge in [-0.3, -0.25) is 0 Å². The Labute approximate surface area is 86.3 Å². The highest BCUT2D eigenvalue weighted by Crippen LogP contribution is 2.30. The van der Waals surface area contributed by atoms with Crippen molar-refractivity contribution < 1.29 is 9.15 Å². The van der Waals surface area contributed by atoms with E-state index in [1.807, 2.05) is 24.3 Å². The first-order valence-electron chi connectivity index (χ1n) is 4.06. The molecule has 1 aromatic carbocycles. The molecule has 0 amide bonds. The third-order valence-electron chi connectivity index (χ3n) is 1.85. The van der Waals surface area contributed by atoms with Gasteiger partial charge in [0, 0.05) is 0 Å². The minimum atomic E-state index is 0.130. The van der Waals surface area contributed by atoms with Crippen LogP contribution in [0.25, 0.3) is 11.3 Å². The average Bonchev–Trinajstić information content (AvgIpc) is 2.65. The van der Waals surface area contributed by atoms with Crippen LogP contribution < -0.4 is 4.74 Å². The number of nitrogens with zero attached hydrogens (tertiary/aromatic N) is 1. The highest BCUT2D eigenvalue weighted by molar-refractivity contribution is 6.27. The van der Waals surface area contributed by atoms with Crippen LogP contribution in [0.1, 0.15) is 0 Å². The van der Waals surface area contributed by atoms with Gasteiger partial charge in [-0.1, -0.05) is 12.1 Å². The van der Waals surface area contributed by atoms with Gasteiger partial charge in [0.25, 0.3) is 5.35 Å². The van der Waals surface area contributed by atoms with Gasteiger partial charge in [-0.05, 0) is 23.7 Å². The van der Waals surface area contributed by atoms with Gasteiger partial charge in [0.2, 0.25) is 0 Å². The number of methoxy groups -OCH3 is 1. The van der Waals surface area contributed by atoms with Crippen molar-refractivity contribution in [2.75, 3.05) is 7.11 Å². The maximum absolute atomic E-state index is 5.59. The molecule has 0 fully saturated rings. The zero-order chi connectivity index (χ0) is 9.97. The fourth-order valence-corrected chi connectivity index (χ4v) is 1.36. The lowest BCUT2D eigenvalue weighted by Crippen LogP contribution is -1.85. The van der Waals surface area contributed by atoms with Gasteiger partial charge in [-0.2, -0.15) is 0 Å². The number of para-hydroxylation sites is 1. The van der Waals surface area contributed by atoms with Gasteiger partial charge in [-0.15, -0.1) is 0 Å². The van der Waals surface area contributed by atoms with Gasteiger partial charge >= 0.3 is 0 Å². The SMILES string of the molecule is COc1ccccc1-c1cnc(Cl)o1. The van der Waals surface area contributed by atoms with Crippen molar-refractivity contribution >= 4 is 11.6 Å². The van der Waals surface area contributed by atoms with Crippen LogP contribution in [-0.2, 0) is 0 Å². The van der Waals surface area contributed by atoms with Gasteiger partial charge in [0.1, 0.15) is 5.75 Å². The van der Waals surface area contributed by atoms with Crippen LogP contribution in [0.5, 0.6) is 5.75 Å². The molecule has 3 nitrogen and oxygen atoms in total. The average molecular weight is 210 g/mol. The van der Waals surface area contributed by atoms with Crippen molar-refractivity contribution in [1.82, 2.24) is 4.98 Å². The molecular weight excluding hydrogens is 202 g/mol. The summed E-state index contributed by atoms with van der Waals surface area (Å²) in [5.41, 5.74) is 0.842. The third kappa shape index (κ3) is 1.59. The highest BCUT2D eigenvalue weighted by atomic mass is 35.5. The van der Waals surface area contributed by atoms with Crippen LogP contribution in [0.3, 0.4) is 0 Å². The molecular formula is C10H8ClNO2. The molecule has 0 aliphatic heterocycles. The Kier molecular flexibility index (Phi) is 2.41. The molecule has 0 spiro atoms. The van der Waals surface area contributed by atoms with Crippen molar-refractivity contribution in [1.29, 1.82) is 0 Å². The Morgan fingerprint density at radius 3 is 2.79 bits per heavy atom. The molecule has 0 aliphatic carbocycles. The molecule has 2 rings (SSSR count). The van der Waals surface area contributed by atoms with Crippen LogP contribution >= 0.6 is 11.6 Å².